The predicted molar refractivity (Wildman–Crippen MR) is 78.2 cm³/mol. The molecule has 0 radical (unpaired) electrons. The summed E-state index contributed by atoms with van der Waals surface area (Å²) in [5, 5.41) is 3.19. The number of hydrogen-bond donors (Lipinski definition) is 2. The van der Waals surface area contributed by atoms with E-state index in [4.69, 9.17) is 9.47 Å². The third-order valence-corrected chi connectivity index (χ3v) is 4.33. The van der Waals surface area contributed by atoms with Gasteiger partial charge in [-0.2, -0.15) is 0 Å². The van der Waals surface area contributed by atoms with Gasteiger partial charge in [0.15, 0.2) is 6.29 Å². The van der Waals surface area contributed by atoms with Crippen LogP contribution in [0, 0.1) is 0 Å². The van der Waals surface area contributed by atoms with E-state index in [9.17, 15) is 8.42 Å². The van der Waals surface area contributed by atoms with E-state index in [-0.39, 0.29) is 17.2 Å². The second kappa shape index (κ2) is 7.58. The fourth-order valence-corrected chi connectivity index (χ4v) is 2.88. The molecule has 0 aliphatic heterocycles. The molecule has 0 saturated carbocycles. The molecule has 1 aromatic carbocycles. The summed E-state index contributed by atoms with van der Waals surface area (Å²) < 4.78 is 36.3. The molecule has 0 bridgehead atoms. The molecule has 0 aliphatic rings. The van der Waals surface area contributed by atoms with Crippen molar-refractivity contribution in [2.45, 2.75) is 31.1 Å². The Morgan fingerprint density at radius 2 is 1.70 bits per heavy atom. The van der Waals surface area contributed by atoms with Crippen LogP contribution in [0.5, 0.6) is 0 Å². The molecule has 114 valence electrons. The normalized spacial score (nSPS) is 13.4. The largest absolute Gasteiger partial charge is 0.377 e. The SMILES string of the molecule is CCNS(=O)(=O)c1ccc(NC(C)C(OC)OC)cc1. The minimum Gasteiger partial charge on any atom is -0.377 e. The number of hydrogen-bond acceptors (Lipinski definition) is 5. The maximum Gasteiger partial charge on any atom is 0.240 e. The van der Waals surface area contributed by atoms with Gasteiger partial charge >= 0.3 is 0 Å². The lowest BCUT2D eigenvalue weighted by Crippen LogP contribution is -2.33. The lowest BCUT2D eigenvalue weighted by Gasteiger charge is -2.23. The summed E-state index contributed by atoms with van der Waals surface area (Å²) in [5.41, 5.74) is 0.798. The molecule has 0 amide bonds. The van der Waals surface area contributed by atoms with Crippen molar-refractivity contribution in [1.29, 1.82) is 0 Å². The van der Waals surface area contributed by atoms with Gasteiger partial charge in [-0.1, -0.05) is 6.92 Å². The Bertz CT molecular complexity index is 498. The van der Waals surface area contributed by atoms with Crippen molar-refractivity contribution in [3.05, 3.63) is 24.3 Å². The lowest BCUT2D eigenvalue weighted by atomic mass is 10.2. The maximum absolute atomic E-state index is 11.8. The van der Waals surface area contributed by atoms with Gasteiger partial charge in [-0.25, -0.2) is 13.1 Å². The van der Waals surface area contributed by atoms with Gasteiger partial charge in [-0.05, 0) is 31.2 Å². The van der Waals surface area contributed by atoms with Crippen LogP contribution in [0.25, 0.3) is 0 Å². The summed E-state index contributed by atoms with van der Waals surface area (Å²) in [6.45, 7) is 4.02. The van der Waals surface area contributed by atoms with Gasteiger partial charge in [0.25, 0.3) is 0 Å². The van der Waals surface area contributed by atoms with E-state index in [0.29, 0.717) is 6.54 Å². The molecule has 1 rings (SSSR count). The third-order valence-electron chi connectivity index (χ3n) is 2.77. The second-order valence-electron chi connectivity index (χ2n) is 4.30. The van der Waals surface area contributed by atoms with Gasteiger partial charge in [0, 0.05) is 26.5 Å². The molecule has 0 aliphatic carbocycles. The highest BCUT2D eigenvalue weighted by molar-refractivity contribution is 7.89. The van der Waals surface area contributed by atoms with E-state index >= 15 is 0 Å². The fraction of sp³-hybridized carbons (Fsp3) is 0.538. The summed E-state index contributed by atoms with van der Waals surface area (Å²) >= 11 is 0. The Kier molecular flexibility index (Phi) is 6.41. The minimum absolute atomic E-state index is 0.0683. The number of anilines is 1. The summed E-state index contributed by atoms with van der Waals surface area (Å²) in [5.74, 6) is 0. The van der Waals surface area contributed by atoms with Crippen LogP contribution >= 0.6 is 0 Å². The number of rotatable bonds is 8. The molecule has 2 N–H and O–H groups in total. The highest BCUT2D eigenvalue weighted by Crippen LogP contribution is 2.16. The van der Waals surface area contributed by atoms with Crippen molar-refractivity contribution in [3.63, 3.8) is 0 Å². The highest BCUT2D eigenvalue weighted by atomic mass is 32.2. The molecule has 0 spiro atoms. The first kappa shape index (κ1) is 16.9. The fourth-order valence-electron chi connectivity index (χ4n) is 1.84. The second-order valence-corrected chi connectivity index (χ2v) is 6.07. The van der Waals surface area contributed by atoms with Crippen LogP contribution in [-0.2, 0) is 19.5 Å². The highest BCUT2D eigenvalue weighted by Gasteiger charge is 2.16. The zero-order chi connectivity index (χ0) is 15.2. The van der Waals surface area contributed by atoms with Crippen LogP contribution in [0.4, 0.5) is 5.69 Å². The molecular weight excluding hydrogens is 280 g/mol. The zero-order valence-electron chi connectivity index (χ0n) is 12.2. The van der Waals surface area contributed by atoms with Gasteiger partial charge in [0.1, 0.15) is 0 Å². The van der Waals surface area contributed by atoms with Crippen molar-refractivity contribution >= 4 is 15.7 Å². The molecule has 0 aromatic heterocycles. The van der Waals surface area contributed by atoms with Gasteiger partial charge in [-0.15, -0.1) is 0 Å². The van der Waals surface area contributed by atoms with Crippen molar-refractivity contribution in [2.75, 3.05) is 26.1 Å². The first-order valence-corrected chi connectivity index (χ1v) is 7.84. The van der Waals surface area contributed by atoms with Crippen LogP contribution in [0.2, 0.25) is 0 Å². The van der Waals surface area contributed by atoms with Gasteiger partial charge in [-0.3, -0.25) is 0 Å². The van der Waals surface area contributed by atoms with E-state index < -0.39 is 10.0 Å². The Morgan fingerprint density at radius 3 is 2.15 bits per heavy atom. The van der Waals surface area contributed by atoms with E-state index in [2.05, 4.69) is 10.0 Å². The van der Waals surface area contributed by atoms with Crippen molar-refractivity contribution < 1.29 is 17.9 Å². The molecule has 7 heteroatoms. The Balaban J connectivity index is 2.77. The number of ether oxygens (including phenoxy) is 2. The number of benzene rings is 1. The zero-order valence-corrected chi connectivity index (χ0v) is 13.0. The summed E-state index contributed by atoms with van der Waals surface area (Å²) in [7, 11) is -0.273. The number of methoxy groups -OCH3 is 2. The molecule has 1 aromatic rings. The lowest BCUT2D eigenvalue weighted by molar-refractivity contribution is -0.109. The van der Waals surface area contributed by atoms with Gasteiger partial charge < -0.3 is 14.8 Å². The molecule has 0 saturated heterocycles. The number of nitrogens with one attached hydrogen (secondary N) is 2. The maximum atomic E-state index is 11.8. The van der Waals surface area contributed by atoms with E-state index in [1.54, 1.807) is 45.4 Å². The molecule has 1 unspecified atom stereocenters. The standard InChI is InChI=1S/C13H22N2O4S/c1-5-14-20(16,17)12-8-6-11(7-9-12)15-10(2)13(18-3)19-4/h6-10,13-15H,5H2,1-4H3. The van der Waals surface area contributed by atoms with Crippen LogP contribution in [-0.4, -0.2) is 41.5 Å². The summed E-state index contributed by atoms with van der Waals surface area (Å²) in [6, 6.07) is 6.47. The third kappa shape index (κ3) is 4.45. The van der Waals surface area contributed by atoms with Crippen molar-refractivity contribution in [1.82, 2.24) is 4.72 Å². The Labute approximate surface area is 120 Å². The minimum atomic E-state index is -3.41. The van der Waals surface area contributed by atoms with Crippen molar-refractivity contribution in [2.24, 2.45) is 0 Å². The smallest absolute Gasteiger partial charge is 0.240 e. The molecule has 20 heavy (non-hydrogen) atoms. The summed E-state index contributed by atoms with van der Waals surface area (Å²) in [4.78, 5) is 0.243. The van der Waals surface area contributed by atoms with E-state index in [1.807, 2.05) is 6.92 Å². The van der Waals surface area contributed by atoms with Gasteiger partial charge in [0.05, 0.1) is 10.9 Å². The topological polar surface area (TPSA) is 76.7 Å². The molecule has 0 heterocycles. The quantitative estimate of drug-likeness (QED) is 0.710. The van der Waals surface area contributed by atoms with E-state index in [0.717, 1.165) is 5.69 Å². The molecule has 6 nitrogen and oxygen atoms in total. The first-order valence-electron chi connectivity index (χ1n) is 6.36. The molecule has 0 fully saturated rings. The average molecular weight is 302 g/mol. The average Bonchev–Trinajstić information content (AvgIpc) is 2.40. The monoisotopic (exact) mass is 302 g/mol. The number of sulfonamides is 1. The van der Waals surface area contributed by atoms with Crippen LogP contribution in [0.1, 0.15) is 13.8 Å². The first-order chi connectivity index (χ1) is 9.44. The summed E-state index contributed by atoms with van der Waals surface area (Å²) in [6.07, 6.45) is -0.375. The van der Waals surface area contributed by atoms with E-state index in [1.165, 1.54) is 0 Å². The predicted octanol–water partition coefficient (Wildman–Crippen LogP) is 1.40. The molecule has 1 atom stereocenters. The van der Waals surface area contributed by atoms with Crippen LogP contribution in [0.3, 0.4) is 0 Å². The van der Waals surface area contributed by atoms with Crippen LogP contribution in [0.15, 0.2) is 29.2 Å². The Hall–Kier alpha value is -1.15. The van der Waals surface area contributed by atoms with Gasteiger partial charge in [0.2, 0.25) is 10.0 Å². The Morgan fingerprint density at radius 1 is 1.15 bits per heavy atom. The van der Waals surface area contributed by atoms with Crippen molar-refractivity contribution in [3.8, 4) is 0 Å². The van der Waals surface area contributed by atoms with Crippen LogP contribution < -0.4 is 10.0 Å². The molecular formula is C13H22N2O4S.